The molecule has 0 saturated heterocycles. The first-order valence-electron chi connectivity index (χ1n) is 10.8. The zero-order chi connectivity index (χ0) is 21.9. The van der Waals surface area contributed by atoms with Crippen LogP contribution in [0.25, 0.3) is 17.2 Å². The Labute approximate surface area is 188 Å². The third-order valence-electron chi connectivity index (χ3n) is 5.49. The summed E-state index contributed by atoms with van der Waals surface area (Å²) >= 11 is 0. The molecule has 158 valence electrons. The standard InChI is InChI=1S/C27H25N5/c1-20-13-15-24(16-14-20)26-29-27-28-21(2)17-25(32(27)30-26)31(18-22-9-5-3-6-10-22)19-23-11-7-4-8-12-23/h3-17H,18-19H2,1-2H3. The van der Waals surface area contributed by atoms with Crippen molar-refractivity contribution in [3.05, 3.63) is 113 Å². The van der Waals surface area contributed by atoms with E-state index in [9.17, 15) is 0 Å². The fourth-order valence-electron chi connectivity index (χ4n) is 3.84. The lowest BCUT2D eigenvalue weighted by Crippen LogP contribution is -2.25. The van der Waals surface area contributed by atoms with E-state index in [4.69, 9.17) is 10.1 Å². The van der Waals surface area contributed by atoms with Gasteiger partial charge in [-0.3, -0.25) is 0 Å². The number of aryl methyl sites for hydroxylation is 2. The highest BCUT2D eigenvalue weighted by molar-refractivity contribution is 5.59. The van der Waals surface area contributed by atoms with Crippen LogP contribution in [0.15, 0.2) is 91.0 Å². The van der Waals surface area contributed by atoms with Crippen LogP contribution in [0, 0.1) is 13.8 Å². The van der Waals surface area contributed by atoms with Gasteiger partial charge in [-0.2, -0.15) is 9.50 Å². The van der Waals surface area contributed by atoms with Crippen LogP contribution in [0.2, 0.25) is 0 Å². The van der Waals surface area contributed by atoms with E-state index in [1.807, 2.05) is 23.6 Å². The highest BCUT2D eigenvalue weighted by Gasteiger charge is 2.17. The molecular formula is C27H25N5. The molecule has 0 amide bonds. The minimum absolute atomic E-state index is 0.613. The first-order chi connectivity index (χ1) is 15.7. The van der Waals surface area contributed by atoms with Gasteiger partial charge in [-0.1, -0.05) is 90.5 Å². The maximum Gasteiger partial charge on any atom is 0.254 e. The van der Waals surface area contributed by atoms with Crippen molar-refractivity contribution < 1.29 is 0 Å². The Balaban J connectivity index is 1.61. The molecule has 0 fully saturated rings. The molecule has 32 heavy (non-hydrogen) atoms. The van der Waals surface area contributed by atoms with Gasteiger partial charge in [-0.15, -0.1) is 5.10 Å². The number of benzene rings is 3. The van der Waals surface area contributed by atoms with Crippen LogP contribution in [0.4, 0.5) is 5.82 Å². The lowest BCUT2D eigenvalue weighted by Gasteiger charge is -2.25. The van der Waals surface area contributed by atoms with E-state index in [1.165, 1.54) is 16.7 Å². The fourth-order valence-corrected chi connectivity index (χ4v) is 3.84. The summed E-state index contributed by atoms with van der Waals surface area (Å²) in [5.74, 6) is 2.27. The van der Waals surface area contributed by atoms with Crippen LogP contribution < -0.4 is 4.90 Å². The molecule has 0 N–H and O–H groups in total. The maximum absolute atomic E-state index is 4.86. The van der Waals surface area contributed by atoms with Crippen molar-refractivity contribution in [1.29, 1.82) is 0 Å². The molecule has 0 radical (unpaired) electrons. The van der Waals surface area contributed by atoms with Crippen LogP contribution in [-0.2, 0) is 13.1 Å². The van der Waals surface area contributed by atoms with Crippen molar-refractivity contribution in [2.45, 2.75) is 26.9 Å². The van der Waals surface area contributed by atoms with Crippen molar-refractivity contribution in [2.75, 3.05) is 4.90 Å². The quantitative estimate of drug-likeness (QED) is 0.359. The number of fused-ring (bicyclic) bond motifs is 1. The number of hydrogen-bond acceptors (Lipinski definition) is 4. The van der Waals surface area contributed by atoms with Crippen molar-refractivity contribution in [2.24, 2.45) is 0 Å². The van der Waals surface area contributed by atoms with Gasteiger partial charge < -0.3 is 4.90 Å². The van der Waals surface area contributed by atoms with Crippen molar-refractivity contribution in [3.63, 3.8) is 0 Å². The van der Waals surface area contributed by atoms with Gasteiger partial charge in [-0.05, 0) is 25.0 Å². The second kappa shape index (κ2) is 8.63. The zero-order valence-electron chi connectivity index (χ0n) is 18.3. The minimum Gasteiger partial charge on any atom is -0.348 e. The molecule has 5 rings (SSSR count). The average Bonchev–Trinajstić information content (AvgIpc) is 3.24. The summed E-state index contributed by atoms with van der Waals surface area (Å²) in [5.41, 5.74) is 5.60. The number of hydrogen-bond donors (Lipinski definition) is 0. The molecule has 0 atom stereocenters. The van der Waals surface area contributed by atoms with Crippen molar-refractivity contribution >= 4 is 11.6 Å². The van der Waals surface area contributed by atoms with Crippen LogP contribution in [0.5, 0.6) is 0 Å². The molecule has 2 heterocycles. The Kier molecular flexibility index (Phi) is 5.38. The number of aromatic nitrogens is 4. The Hall–Kier alpha value is -3.99. The van der Waals surface area contributed by atoms with Gasteiger partial charge in [0.2, 0.25) is 0 Å². The first kappa shape index (κ1) is 19.9. The summed E-state index contributed by atoms with van der Waals surface area (Å²) in [7, 11) is 0. The molecule has 2 aromatic heterocycles. The molecular weight excluding hydrogens is 394 g/mol. The van der Waals surface area contributed by atoms with Crippen molar-refractivity contribution in [1.82, 2.24) is 19.6 Å². The minimum atomic E-state index is 0.613. The second-order valence-electron chi connectivity index (χ2n) is 8.10. The van der Waals surface area contributed by atoms with Gasteiger partial charge in [-0.25, -0.2) is 4.98 Å². The molecule has 0 bridgehead atoms. The normalized spacial score (nSPS) is 11.1. The Morgan fingerprint density at radius 3 is 1.91 bits per heavy atom. The number of nitrogens with zero attached hydrogens (tertiary/aromatic N) is 5. The molecule has 0 aliphatic carbocycles. The van der Waals surface area contributed by atoms with Crippen LogP contribution >= 0.6 is 0 Å². The summed E-state index contributed by atoms with van der Waals surface area (Å²) in [4.78, 5) is 11.7. The van der Waals surface area contributed by atoms with E-state index in [0.717, 1.165) is 30.2 Å². The van der Waals surface area contributed by atoms with Crippen molar-refractivity contribution in [3.8, 4) is 11.4 Å². The molecule has 5 nitrogen and oxygen atoms in total. The van der Waals surface area contributed by atoms with E-state index < -0.39 is 0 Å². The maximum atomic E-state index is 4.86. The zero-order valence-corrected chi connectivity index (χ0v) is 18.3. The van der Waals surface area contributed by atoms with Gasteiger partial charge in [0.1, 0.15) is 5.82 Å². The SMILES string of the molecule is Cc1ccc(-c2nc3nc(C)cc(N(Cc4ccccc4)Cc4ccccc4)n3n2)cc1. The first-order valence-corrected chi connectivity index (χ1v) is 10.8. The van der Waals surface area contributed by atoms with Gasteiger partial charge in [0.25, 0.3) is 5.78 Å². The summed E-state index contributed by atoms with van der Waals surface area (Å²) in [5, 5.41) is 4.86. The van der Waals surface area contributed by atoms with E-state index in [0.29, 0.717) is 11.6 Å². The lowest BCUT2D eigenvalue weighted by atomic mass is 10.1. The highest BCUT2D eigenvalue weighted by atomic mass is 15.4. The van der Waals surface area contributed by atoms with E-state index in [1.54, 1.807) is 0 Å². The molecule has 0 aliphatic rings. The smallest absolute Gasteiger partial charge is 0.254 e. The molecule has 5 heteroatoms. The molecule has 0 saturated carbocycles. The number of anilines is 1. The predicted octanol–water partition coefficient (Wildman–Crippen LogP) is 5.61. The van der Waals surface area contributed by atoms with E-state index >= 15 is 0 Å². The highest BCUT2D eigenvalue weighted by Crippen LogP contribution is 2.24. The fraction of sp³-hybridized carbons (Fsp3) is 0.148. The monoisotopic (exact) mass is 419 g/mol. The van der Waals surface area contributed by atoms with Gasteiger partial charge in [0.15, 0.2) is 5.82 Å². The van der Waals surface area contributed by atoms with E-state index in [2.05, 4.69) is 95.7 Å². The van der Waals surface area contributed by atoms with Crippen LogP contribution in [-0.4, -0.2) is 19.6 Å². The predicted molar refractivity (Wildman–Crippen MR) is 128 cm³/mol. The second-order valence-corrected chi connectivity index (χ2v) is 8.10. The molecule has 0 unspecified atom stereocenters. The van der Waals surface area contributed by atoms with Gasteiger partial charge in [0, 0.05) is 30.4 Å². The van der Waals surface area contributed by atoms with E-state index in [-0.39, 0.29) is 0 Å². The topological polar surface area (TPSA) is 46.3 Å². The third-order valence-corrected chi connectivity index (χ3v) is 5.49. The molecule has 0 aliphatic heterocycles. The summed E-state index contributed by atoms with van der Waals surface area (Å²) in [6.07, 6.45) is 0. The third kappa shape index (κ3) is 4.23. The van der Waals surface area contributed by atoms with Crippen LogP contribution in [0.1, 0.15) is 22.4 Å². The summed E-state index contributed by atoms with van der Waals surface area (Å²) in [6, 6.07) is 31.4. The average molecular weight is 420 g/mol. The summed E-state index contributed by atoms with van der Waals surface area (Å²) < 4.78 is 1.87. The number of rotatable bonds is 6. The molecule has 5 aromatic rings. The largest absolute Gasteiger partial charge is 0.348 e. The lowest BCUT2D eigenvalue weighted by molar-refractivity contribution is 0.750. The van der Waals surface area contributed by atoms with Gasteiger partial charge in [0.05, 0.1) is 0 Å². The Bertz CT molecular complexity index is 1280. The summed E-state index contributed by atoms with van der Waals surface area (Å²) in [6.45, 7) is 5.60. The molecule has 0 spiro atoms. The Morgan fingerprint density at radius 2 is 1.31 bits per heavy atom. The van der Waals surface area contributed by atoms with Crippen LogP contribution in [0.3, 0.4) is 0 Å². The molecule has 3 aromatic carbocycles. The van der Waals surface area contributed by atoms with Gasteiger partial charge >= 0.3 is 0 Å². The Morgan fingerprint density at radius 1 is 0.719 bits per heavy atom.